The Balaban J connectivity index is 1.52. The first kappa shape index (κ1) is 14.4. The molecule has 0 spiro atoms. The van der Waals surface area contributed by atoms with Gasteiger partial charge in [0.1, 0.15) is 6.04 Å². The van der Waals surface area contributed by atoms with Crippen LogP contribution in [0.4, 0.5) is 5.69 Å². The normalized spacial score (nSPS) is 24.2. The molecule has 0 radical (unpaired) electrons. The van der Waals surface area contributed by atoms with Gasteiger partial charge < -0.3 is 15.5 Å². The summed E-state index contributed by atoms with van der Waals surface area (Å²) in [5, 5.41) is 6.49. The number of nitrogens with zero attached hydrogens (tertiary/aromatic N) is 1. The molecule has 1 aromatic carbocycles. The van der Waals surface area contributed by atoms with E-state index in [1.54, 1.807) is 0 Å². The lowest BCUT2D eigenvalue weighted by Crippen LogP contribution is -2.46. The van der Waals surface area contributed by atoms with E-state index in [1.165, 1.54) is 5.56 Å². The van der Waals surface area contributed by atoms with Gasteiger partial charge in [0.05, 0.1) is 0 Å². The molecule has 1 saturated heterocycles. The van der Waals surface area contributed by atoms with Crippen LogP contribution in [0.3, 0.4) is 0 Å². The van der Waals surface area contributed by atoms with Gasteiger partial charge in [-0.1, -0.05) is 25.1 Å². The quantitative estimate of drug-likeness (QED) is 0.892. The molecule has 114 valence electrons. The predicted molar refractivity (Wildman–Crippen MR) is 85.4 cm³/mol. The molecule has 21 heavy (non-hydrogen) atoms. The highest BCUT2D eigenvalue weighted by atomic mass is 16.2. The zero-order valence-corrected chi connectivity index (χ0v) is 13.0. The predicted octanol–water partition coefficient (Wildman–Crippen LogP) is 1.87. The summed E-state index contributed by atoms with van der Waals surface area (Å²) in [6, 6.07) is 8.05. The minimum Gasteiger partial charge on any atom is -0.373 e. The minimum atomic E-state index is -0.114. The number of amides is 1. The Morgan fingerprint density at radius 1 is 1.38 bits per heavy atom. The fourth-order valence-electron chi connectivity index (χ4n) is 3.21. The van der Waals surface area contributed by atoms with Crippen LogP contribution in [0.5, 0.6) is 0 Å². The summed E-state index contributed by atoms with van der Waals surface area (Å²) in [6.07, 6.45) is 3.10. The monoisotopic (exact) mass is 287 g/mol. The highest BCUT2D eigenvalue weighted by Gasteiger charge is 2.31. The first-order valence-corrected chi connectivity index (χ1v) is 7.86. The van der Waals surface area contributed by atoms with E-state index >= 15 is 0 Å². The molecular weight excluding hydrogens is 262 g/mol. The van der Waals surface area contributed by atoms with Gasteiger partial charge in [-0.05, 0) is 50.0 Å². The number of piperidine rings is 1. The Hall–Kier alpha value is -1.55. The van der Waals surface area contributed by atoms with E-state index in [0.29, 0.717) is 0 Å². The molecule has 4 heteroatoms. The summed E-state index contributed by atoms with van der Waals surface area (Å²) in [5.41, 5.74) is 2.58. The van der Waals surface area contributed by atoms with Crippen molar-refractivity contribution in [3.05, 3.63) is 29.8 Å². The molecule has 0 unspecified atom stereocenters. The van der Waals surface area contributed by atoms with E-state index in [1.807, 2.05) is 18.2 Å². The second-order valence-electron chi connectivity index (χ2n) is 6.89. The second kappa shape index (κ2) is 5.68. The van der Waals surface area contributed by atoms with Crippen molar-refractivity contribution in [2.45, 2.75) is 32.2 Å². The van der Waals surface area contributed by atoms with Crippen molar-refractivity contribution < 1.29 is 4.79 Å². The van der Waals surface area contributed by atoms with Gasteiger partial charge in [-0.25, -0.2) is 0 Å². The van der Waals surface area contributed by atoms with Gasteiger partial charge in [-0.2, -0.15) is 0 Å². The molecule has 1 amide bonds. The molecule has 0 saturated carbocycles. The highest BCUT2D eigenvalue weighted by molar-refractivity contribution is 5.87. The van der Waals surface area contributed by atoms with Crippen LogP contribution in [-0.4, -0.2) is 43.5 Å². The number of hydrogen-bond acceptors (Lipinski definition) is 3. The largest absolute Gasteiger partial charge is 0.373 e. The number of rotatable bonds is 3. The summed E-state index contributed by atoms with van der Waals surface area (Å²) in [4.78, 5) is 14.7. The summed E-state index contributed by atoms with van der Waals surface area (Å²) < 4.78 is 0. The summed E-state index contributed by atoms with van der Waals surface area (Å²) >= 11 is 0. The standard InChI is InChI=1S/C17H25N3O/c1-17(7-9-20(2)10-8-17)12-18-16(21)15-11-13-5-3-4-6-14(13)19-15/h3-6,15,19H,7-12H2,1-2H3,(H,18,21)/t15-/m0/s1. The average molecular weight is 287 g/mol. The van der Waals surface area contributed by atoms with E-state index < -0.39 is 0 Å². The number of para-hydroxylation sites is 1. The number of likely N-dealkylation sites (tertiary alicyclic amines) is 1. The molecule has 4 nitrogen and oxygen atoms in total. The fourth-order valence-corrected chi connectivity index (χ4v) is 3.21. The molecule has 2 N–H and O–H groups in total. The number of carbonyl (C=O) groups excluding carboxylic acids is 1. The van der Waals surface area contributed by atoms with Crippen molar-refractivity contribution in [3.8, 4) is 0 Å². The van der Waals surface area contributed by atoms with E-state index in [9.17, 15) is 4.79 Å². The van der Waals surface area contributed by atoms with Crippen molar-refractivity contribution in [2.75, 3.05) is 32.0 Å². The molecule has 3 rings (SSSR count). The number of benzene rings is 1. The Kier molecular flexibility index (Phi) is 3.89. The SMILES string of the molecule is CN1CCC(C)(CNC(=O)[C@@H]2Cc3ccccc3N2)CC1. The van der Waals surface area contributed by atoms with Crippen LogP contribution in [0.2, 0.25) is 0 Å². The molecule has 2 aliphatic heterocycles. The molecule has 2 aliphatic rings. The van der Waals surface area contributed by atoms with Crippen LogP contribution >= 0.6 is 0 Å². The lowest BCUT2D eigenvalue weighted by atomic mass is 9.80. The molecular formula is C17H25N3O. The number of hydrogen-bond donors (Lipinski definition) is 2. The maximum Gasteiger partial charge on any atom is 0.242 e. The Bertz CT molecular complexity index is 496. The van der Waals surface area contributed by atoms with Crippen molar-refractivity contribution >= 4 is 11.6 Å². The van der Waals surface area contributed by atoms with Crippen LogP contribution in [-0.2, 0) is 11.2 Å². The molecule has 2 heterocycles. The zero-order chi connectivity index (χ0) is 14.9. The fraction of sp³-hybridized carbons (Fsp3) is 0.588. The lowest BCUT2D eigenvalue weighted by molar-refractivity contribution is -0.122. The molecule has 0 bridgehead atoms. The van der Waals surface area contributed by atoms with Crippen LogP contribution in [0.25, 0.3) is 0 Å². The van der Waals surface area contributed by atoms with Gasteiger partial charge in [0.25, 0.3) is 0 Å². The molecule has 1 atom stereocenters. The third-order valence-corrected chi connectivity index (χ3v) is 4.97. The average Bonchev–Trinajstić information content (AvgIpc) is 2.92. The summed E-state index contributed by atoms with van der Waals surface area (Å²) in [6.45, 7) is 5.32. The summed E-state index contributed by atoms with van der Waals surface area (Å²) in [5.74, 6) is 0.131. The summed E-state index contributed by atoms with van der Waals surface area (Å²) in [7, 11) is 2.16. The van der Waals surface area contributed by atoms with E-state index in [4.69, 9.17) is 0 Å². The molecule has 0 aliphatic carbocycles. The van der Waals surface area contributed by atoms with Gasteiger partial charge >= 0.3 is 0 Å². The van der Waals surface area contributed by atoms with E-state index in [0.717, 1.165) is 44.6 Å². The van der Waals surface area contributed by atoms with E-state index in [-0.39, 0.29) is 17.4 Å². The van der Waals surface area contributed by atoms with E-state index in [2.05, 4.69) is 35.6 Å². The van der Waals surface area contributed by atoms with Crippen LogP contribution in [0.15, 0.2) is 24.3 Å². The third-order valence-electron chi connectivity index (χ3n) is 4.97. The lowest BCUT2D eigenvalue weighted by Gasteiger charge is -2.38. The molecule has 1 fully saturated rings. The Labute approximate surface area is 126 Å². The maximum atomic E-state index is 12.4. The zero-order valence-electron chi connectivity index (χ0n) is 13.0. The van der Waals surface area contributed by atoms with Gasteiger partial charge in [-0.15, -0.1) is 0 Å². The molecule has 0 aromatic heterocycles. The van der Waals surface area contributed by atoms with Crippen molar-refractivity contribution in [1.82, 2.24) is 10.2 Å². The first-order valence-electron chi connectivity index (χ1n) is 7.86. The van der Waals surface area contributed by atoms with Gasteiger partial charge in [0.15, 0.2) is 0 Å². The number of fused-ring (bicyclic) bond motifs is 1. The smallest absolute Gasteiger partial charge is 0.242 e. The number of anilines is 1. The van der Waals surface area contributed by atoms with Crippen LogP contribution in [0, 0.1) is 5.41 Å². The maximum absolute atomic E-state index is 12.4. The van der Waals surface area contributed by atoms with Gasteiger partial charge in [-0.3, -0.25) is 4.79 Å². The van der Waals surface area contributed by atoms with Crippen molar-refractivity contribution in [2.24, 2.45) is 5.41 Å². The topological polar surface area (TPSA) is 44.4 Å². The second-order valence-corrected chi connectivity index (χ2v) is 6.89. The van der Waals surface area contributed by atoms with Gasteiger partial charge in [0, 0.05) is 18.7 Å². The number of carbonyl (C=O) groups is 1. The highest BCUT2D eigenvalue weighted by Crippen LogP contribution is 2.30. The number of nitrogens with one attached hydrogen (secondary N) is 2. The third kappa shape index (κ3) is 3.21. The first-order chi connectivity index (χ1) is 10.1. The minimum absolute atomic E-state index is 0.114. The molecule has 1 aromatic rings. The van der Waals surface area contributed by atoms with Crippen molar-refractivity contribution in [1.29, 1.82) is 0 Å². The van der Waals surface area contributed by atoms with Crippen LogP contribution < -0.4 is 10.6 Å². The van der Waals surface area contributed by atoms with Crippen LogP contribution in [0.1, 0.15) is 25.3 Å². The van der Waals surface area contributed by atoms with Crippen molar-refractivity contribution in [3.63, 3.8) is 0 Å². The Morgan fingerprint density at radius 2 is 2.10 bits per heavy atom. The Morgan fingerprint density at radius 3 is 2.81 bits per heavy atom. The van der Waals surface area contributed by atoms with Gasteiger partial charge in [0.2, 0.25) is 5.91 Å².